The fourth-order valence-electron chi connectivity index (χ4n) is 2.79. The van der Waals surface area contributed by atoms with Gasteiger partial charge in [0.15, 0.2) is 0 Å². The second-order valence-electron chi connectivity index (χ2n) is 6.41. The molecule has 2 amide bonds. The number of anilines is 3. The maximum atomic E-state index is 12.2. The maximum absolute atomic E-state index is 12.2. The molecule has 28 heavy (non-hydrogen) atoms. The van der Waals surface area contributed by atoms with Gasteiger partial charge < -0.3 is 30.2 Å². The van der Waals surface area contributed by atoms with Gasteiger partial charge in [-0.25, -0.2) is 9.78 Å². The van der Waals surface area contributed by atoms with E-state index in [9.17, 15) is 4.79 Å². The van der Waals surface area contributed by atoms with Crippen LogP contribution in [0.15, 0.2) is 42.6 Å². The quantitative estimate of drug-likeness (QED) is 0.603. The lowest BCUT2D eigenvalue weighted by Gasteiger charge is -2.24. The highest BCUT2D eigenvalue weighted by atomic mass is 16.5. The molecule has 150 valence electrons. The van der Waals surface area contributed by atoms with E-state index in [1.54, 1.807) is 25.4 Å². The third kappa shape index (κ3) is 6.40. The van der Waals surface area contributed by atoms with E-state index in [1.807, 2.05) is 24.3 Å². The van der Waals surface area contributed by atoms with Gasteiger partial charge in [0.1, 0.15) is 6.61 Å². The van der Waals surface area contributed by atoms with Crippen LogP contribution in [0.1, 0.15) is 12.8 Å². The molecular formula is C20H26N4O4. The lowest BCUT2D eigenvalue weighted by atomic mass is 10.1. The van der Waals surface area contributed by atoms with Gasteiger partial charge in [-0.15, -0.1) is 0 Å². The zero-order chi connectivity index (χ0) is 19.6. The number of nitrogens with one attached hydrogen (secondary N) is 3. The third-order valence-corrected chi connectivity index (χ3v) is 4.27. The van der Waals surface area contributed by atoms with E-state index >= 15 is 0 Å². The molecule has 1 aromatic carbocycles. The molecule has 0 saturated carbocycles. The molecule has 3 N–H and O–H groups in total. The molecule has 0 aliphatic carbocycles. The van der Waals surface area contributed by atoms with Crippen LogP contribution in [0.25, 0.3) is 0 Å². The minimum atomic E-state index is -0.333. The van der Waals surface area contributed by atoms with Gasteiger partial charge in [-0.05, 0) is 43.2 Å². The van der Waals surface area contributed by atoms with Crippen LogP contribution in [0.5, 0.6) is 5.88 Å². The maximum Gasteiger partial charge on any atom is 0.323 e. The minimum absolute atomic E-state index is 0.333. The number of nitrogens with zero attached hydrogens (tertiary/aromatic N) is 1. The van der Waals surface area contributed by atoms with E-state index in [4.69, 9.17) is 14.2 Å². The van der Waals surface area contributed by atoms with Gasteiger partial charge >= 0.3 is 6.03 Å². The number of amides is 2. The average molecular weight is 386 g/mol. The van der Waals surface area contributed by atoms with Crippen molar-refractivity contribution >= 4 is 23.1 Å². The summed E-state index contributed by atoms with van der Waals surface area (Å²) in [6.07, 6.45) is 3.56. The summed E-state index contributed by atoms with van der Waals surface area (Å²) in [7, 11) is 1.61. The molecule has 1 fully saturated rings. The standard InChI is InChI=1S/C20H26N4O4/c1-26-12-13-28-19-7-6-18(14-21-19)24-20(25)23-16-4-2-15(3-5-16)22-17-8-10-27-11-9-17/h2-7,14,17,22H,8-13H2,1H3,(H2,23,24,25). The Morgan fingerprint density at radius 1 is 1.04 bits per heavy atom. The second kappa shape index (κ2) is 10.5. The molecule has 2 aromatic rings. The highest BCUT2D eigenvalue weighted by Crippen LogP contribution is 2.18. The zero-order valence-electron chi connectivity index (χ0n) is 15.9. The number of hydrogen-bond acceptors (Lipinski definition) is 6. The smallest absolute Gasteiger partial charge is 0.323 e. The molecule has 1 saturated heterocycles. The van der Waals surface area contributed by atoms with E-state index in [0.29, 0.717) is 36.5 Å². The molecule has 1 aromatic heterocycles. The van der Waals surface area contributed by atoms with Crippen molar-refractivity contribution in [2.45, 2.75) is 18.9 Å². The van der Waals surface area contributed by atoms with Crippen LogP contribution >= 0.6 is 0 Å². The van der Waals surface area contributed by atoms with Crippen molar-refractivity contribution in [1.29, 1.82) is 0 Å². The Hall–Kier alpha value is -2.84. The SMILES string of the molecule is COCCOc1ccc(NC(=O)Nc2ccc(NC3CCOCC3)cc2)cn1. The lowest BCUT2D eigenvalue weighted by Crippen LogP contribution is -2.27. The van der Waals surface area contributed by atoms with E-state index < -0.39 is 0 Å². The predicted octanol–water partition coefficient (Wildman–Crippen LogP) is 3.34. The summed E-state index contributed by atoms with van der Waals surface area (Å²) >= 11 is 0. The van der Waals surface area contributed by atoms with E-state index in [2.05, 4.69) is 20.9 Å². The number of aromatic nitrogens is 1. The highest BCUT2D eigenvalue weighted by molar-refractivity contribution is 5.99. The van der Waals surface area contributed by atoms with Crippen LogP contribution in [0.4, 0.5) is 21.9 Å². The number of carbonyl (C=O) groups excluding carboxylic acids is 1. The Bertz CT molecular complexity index is 731. The summed E-state index contributed by atoms with van der Waals surface area (Å²) in [6.45, 7) is 2.52. The number of benzene rings is 1. The molecule has 3 rings (SSSR count). The molecule has 8 nitrogen and oxygen atoms in total. The van der Waals surface area contributed by atoms with E-state index in [1.165, 1.54) is 0 Å². The van der Waals surface area contributed by atoms with Gasteiger partial charge in [-0.2, -0.15) is 0 Å². The zero-order valence-corrected chi connectivity index (χ0v) is 15.9. The van der Waals surface area contributed by atoms with Gasteiger partial charge in [0.2, 0.25) is 5.88 Å². The topological polar surface area (TPSA) is 93.7 Å². The molecule has 0 spiro atoms. The molecule has 1 aliphatic heterocycles. The van der Waals surface area contributed by atoms with Gasteiger partial charge in [0, 0.05) is 43.8 Å². The van der Waals surface area contributed by atoms with Gasteiger partial charge in [0.05, 0.1) is 18.5 Å². The first-order chi connectivity index (χ1) is 13.7. The molecule has 0 atom stereocenters. The first-order valence-electron chi connectivity index (χ1n) is 9.33. The van der Waals surface area contributed by atoms with Crippen molar-refractivity contribution in [3.05, 3.63) is 42.6 Å². The Morgan fingerprint density at radius 3 is 2.39 bits per heavy atom. The predicted molar refractivity (Wildman–Crippen MR) is 108 cm³/mol. The number of ether oxygens (including phenoxy) is 3. The fraction of sp³-hybridized carbons (Fsp3) is 0.400. The first kappa shape index (κ1) is 19.9. The normalized spacial score (nSPS) is 14.3. The highest BCUT2D eigenvalue weighted by Gasteiger charge is 2.13. The summed E-state index contributed by atoms with van der Waals surface area (Å²) in [6, 6.07) is 11.2. The van der Waals surface area contributed by atoms with Crippen LogP contribution in [0.2, 0.25) is 0 Å². The van der Waals surface area contributed by atoms with Crippen LogP contribution in [0.3, 0.4) is 0 Å². The van der Waals surface area contributed by atoms with E-state index in [0.717, 1.165) is 31.7 Å². The van der Waals surface area contributed by atoms with Crippen molar-refractivity contribution < 1.29 is 19.0 Å². The summed E-state index contributed by atoms with van der Waals surface area (Å²) < 4.78 is 15.7. The van der Waals surface area contributed by atoms with Crippen LogP contribution in [-0.4, -0.2) is 50.6 Å². The van der Waals surface area contributed by atoms with Gasteiger partial charge in [0.25, 0.3) is 0 Å². The molecule has 0 unspecified atom stereocenters. The molecule has 8 heteroatoms. The average Bonchev–Trinajstić information content (AvgIpc) is 2.72. The molecule has 0 bridgehead atoms. The summed E-state index contributed by atoms with van der Waals surface area (Å²) in [5, 5.41) is 9.04. The lowest BCUT2D eigenvalue weighted by molar-refractivity contribution is 0.0904. The molecule has 0 radical (unpaired) electrons. The van der Waals surface area contributed by atoms with E-state index in [-0.39, 0.29) is 6.03 Å². The minimum Gasteiger partial charge on any atom is -0.475 e. The third-order valence-electron chi connectivity index (χ3n) is 4.27. The number of rotatable bonds is 8. The van der Waals surface area contributed by atoms with Crippen molar-refractivity contribution in [3.8, 4) is 5.88 Å². The van der Waals surface area contributed by atoms with Gasteiger partial charge in [-0.3, -0.25) is 0 Å². The Labute approximate surface area is 164 Å². The summed E-state index contributed by atoms with van der Waals surface area (Å²) in [5.41, 5.74) is 2.32. The Balaban J connectivity index is 1.45. The van der Waals surface area contributed by atoms with Crippen molar-refractivity contribution in [3.63, 3.8) is 0 Å². The largest absolute Gasteiger partial charge is 0.475 e. The Kier molecular flexibility index (Phi) is 7.45. The van der Waals surface area contributed by atoms with Crippen LogP contribution in [0, 0.1) is 0 Å². The number of methoxy groups -OCH3 is 1. The monoisotopic (exact) mass is 386 g/mol. The summed E-state index contributed by atoms with van der Waals surface area (Å²) in [4.78, 5) is 16.3. The number of pyridine rings is 1. The number of hydrogen-bond donors (Lipinski definition) is 3. The van der Waals surface area contributed by atoms with Crippen molar-refractivity contribution in [2.75, 3.05) is 49.5 Å². The summed E-state index contributed by atoms with van der Waals surface area (Å²) in [5.74, 6) is 0.482. The Morgan fingerprint density at radius 2 is 1.71 bits per heavy atom. The first-order valence-corrected chi connectivity index (χ1v) is 9.33. The van der Waals surface area contributed by atoms with Crippen LogP contribution in [-0.2, 0) is 9.47 Å². The van der Waals surface area contributed by atoms with Crippen molar-refractivity contribution in [1.82, 2.24) is 4.98 Å². The fourth-order valence-corrected chi connectivity index (χ4v) is 2.79. The number of carbonyl (C=O) groups is 1. The number of urea groups is 1. The van der Waals surface area contributed by atoms with Crippen LogP contribution < -0.4 is 20.7 Å². The molecular weight excluding hydrogens is 360 g/mol. The van der Waals surface area contributed by atoms with Gasteiger partial charge in [-0.1, -0.05) is 0 Å². The molecule has 1 aliphatic rings. The van der Waals surface area contributed by atoms with Crippen molar-refractivity contribution in [2.24, 2.45) is 0 Å². The molecule has 2 heterocycles. The second-order valence-corrected chi connectivity index (χ2v) is 6.41.